The molecule has 0 saturated heterocycles. The largest absolute Gasteiger partial charge is 0.466 e. The molecule has 1 aliphatic carbocycles. The molecule has 7 nitrogen and oxygen atoms in total. The van der Waals surface area contributed by atoms with Crippen molar-refractivity contribution in [3.05, 3.63) is 38.8 Å². The van der Waals surface area contributed by atoms with Gasteiger partial charge in [-0.15, -0.1) is 11.3 Å². The Hall–Kier alpha value is -2.52. The van der Waals surface area contributed by atoms with Gasteiger partial charge in [-0.1, -0.05) is 24.3 Å². The lowest BCUT2D eigenvalue weighted by molar-refractivity contribution is -0.142. The fraction of sp³-hybridized carbons (Fsp3) is 0.429. The highest BCUT2D eigenvalue weighted by Gasteiger charge is 2.35. The Balaban J connectivity index is 2.47. The van der Waals surface area contributed by atoms with E-state index < -0.39 is 34.6 Å². The number of rotatable bonds is 8. The quantitative estimate of drug-likeness (QED) is 0.418. The molecule has 0 saturated carbocycles. The summed E-state index contributed by atoms with van der Waals surface area (Å²) in [5, 5.41) is -1.11. The molecule has 1 aromatic heterocycles. The molecule has 10 heteroatoms. The van der Waals surface area contributed by atoms with Crippen molar-refractivity contribution in [1.82, 2.24) is 0 Å². The molecule has 31 heavy (non-hydrogen) atoms. The van der Waals surface area contributed by atoms with E-state index in [4.69, 9.17) is 21.1 Å². The Morgan fingerprint density at radius 3 is 2.42 bits per heavy atom. The summed E-state index contributed by atoms with van der Waals surface area (Å²) in [4.78, 5) is 50.5. The van der Waals surface area contributed by atoms with E-state index in [1.165, 1.54) is 6.08 Å². The first-order valence-electron chi connectivity index (χ1n) is 9.70. The van der Waals surface area contributed by atoms with Crippen molar-refractivity contribution in [2.75, 3.05) is 18.1 Å². The van der Waals surface area contributed by atoms with Gasteiger partial charge in [-0.25, -0.2) is 9.69 Å². The summed E-state index contributed by atoms with van der Waals surface area (Å²) < 4.78 is 24.7. The summed E-state index contributed by atoms with van der Waals surface area (Å²) >= 11 is 6.82. The predicted octanol–water partition coefficient (Wildman–Crippen LogP) is 4.13. The lowest BCUT2D eigenvalue weighted by Gasteiger charge is -2.24. The Kier molecular flexibility index (Phi) is 8.94. The number of esters is 2. The summed E-state index contributed by atoms with van der Waals surface area (Å²) in [6, 6.07) is 0. The van der Waals surface area contributed by atoms with Crippen molar-refractivity contribution >= 4 is 52.4 Å². The Morgan fingerprint density at radius 1 is 1.19 bits per heavy atom. The van der Waals surface area contributed by atoms with Gasteiger partial charge in [0.05, 0.1) is 18.1 Å². The van der Waals surface area contributed by atoms with Crippen LogP contribution in [0.3, 0.4) is 0 Å². The molecule has 1 heterocycles. The van der Waals surface area contributed by atoms with Crippen LogP contribution < -0.4 is 4.90 Å². The lowest BCUT2D eigenvalue weighted by Crippen LogP contribution is -2.38. The topological polar surface area (TPSA) is 90.0 Å². The summed E-state index contributed by atoms with van der Waals surface area (Å²) in [7, 11) is 0. The summed E-state index contributed by atoms with van der Waals surface area (Å²) in [5.41, 5.74) is -0.188. The predicted molar refractivity (Wildman–Crippen MR) is 114 cm³/mol. The second-order valence-electron chi connectivity index (χ2n) is 6.65. The molecule has 0 unspecified atom stereocenters. The number of hydrogen-bond acceptors (Lipinski definition) is 7. The zero-order valence-corrected chi connectivity index (χ0v) is 18.9. The van der Waals surface area contributed by atoms with Gasteiger partial charge in [0.15, 0.2) is 0 Å². The molecule has 0 N–H and O–H groups in total. The molecule has 0 spiro atoms. The number of anilines is 1. The molecule has 0 atom stereocenters. The first-order valence-corrected chi connectivity index (χ1v) is 10.9. The number of carbonyl (C=O) groups is 4. The molecule has 0 fully saturated rings. The number of hydrogen-bond donors (Lipinski definition) is 0. The highest BCUT2D eigenvalue weighted by molar-refractivity contribution is 7.11. The molecule has 1 aromatic rings. The van der Waals surface area contributed by atoms with E-state index in [9.17, 15) is 23.6 Å². The normalized spacial score (nSPS) is 13.5. The lowest BCUT2D eigenvalue weighted by atomic mass is 9.90. The van der Waals surface area contributed by atoms with Crippen molar-refractivity contribution in [3.63, 3.8) is 0 Å². The van der Waals surface area contributed by atoms with E-state index in [0.29, 0.717) is 35.5 Å². The van der Waals surface area contributed by atoms with Gasteiger partial charge < -0.3 is 9.47 Å². The minimum absolute atomic E-state index is 0.0254. The van der Waals surface area contributed by atoms with Crippen LogP contribution in [0.2, 0.25) is 5.02 Å². The molecule has 2 rings (SSSR count). The van der Waals surface area contributed by atoms with Crippen LogP contribution in [-0.4, -0.2) is 37.0 Å². The van der Waals surface area contributed by atoms with Gasteiger partial charge in [-0.2, -0.15) is 4.39 Å². The smallest absolute Gasteiger partial charge is 0.334 e. The number of thiophene rings is 1. The molecule has 168 valence electrons. The third kappa shape index (κ3) is 5.80. The third-order valence-electron chi connectivity index (χ3n) is 4.51. The second kappa shape index (κ2) is 11.2. The van der Waals surface area contributed by atoms with Gasteiger partial charge in [-0.05, 0) is 32.6 Å². The van der Waals surface area contributed by atoms with E-state index in [1.54, 1.807) is 6.92 Å². The number of amides is 2. The van der Waals surface area contributed by atoms with Crippen LogP contribution >= 0.6 is 22.9 Å². The maximum absolute atomic E-state index is 14.8. The van der Waals surface area contributed by atoms with Gasteiger partial charge >= 0.3 is 11.9 Å². The number of nitrogens with zero attached hydrogens (tertiary/aromatic N) is 1. The summed E-state index contributed by atoms with van der Waals surface area (Å²) in [6.07, 6.45) is 2.94. The Morgan fingerprint density at radius 2 is 1.84 bits per heavy atom. The van der Waals surface area contributed by atoms with Gasteiger partial charge in [0, 0.05) is 22.9 Å². The average Bonchev–Trinajstić information content (AvgIpc) is 2.99. The van der Waals surface area contributed by atoms with E-state index >= 15 is 0 Å². The third-order valence-corrected chi connectivity index (χ3v) is 5.99. The van der Waals surface area contributed by atoms with E-state index in [-0.39, 0.29) is 47.1 Å². The minimum Gasteiger partial charge on any atom is -0.466 e. The van der Waals surface area contributed by atoms with E-state index in [2.05, 4.69) is 6.58 Å². The molecule has 1 aliphatic rings. The second-order valence-corrected chi connectivity index (χ2v) is 8.09. The maximum atomic E-state index is 14.8. The van der Waals surface area contributed by atoms with E-state index in [0.717, 1.165) is 6.92 Å². The van der Waals surface area contributed by atoms with Crippen molar-refractivity contribution in [1.29, 1.82) is 0 Å². The van der Waals surface area contributed by atoms with Crippen LogP contribution in [0.1, 0.15) is 44.4 Å². The van der Waals surface area contributed by atoms with Gasteiger partial charge in [0.25, 0.3) is 5.91 Å². The van der Waals surface area contributed by atoms with Crippen LogP contribution in [0.15, 0.2) is 23.8 Å². The summed E-state index contributed by atoms with van der Waals surface area (Å²) in [6.45, 7) is 6.32. The highest BCUT2D eigenvalue weighted by atomic mass is 35.5. The zero-order valence-electron chi connectivity index (χ0n) is 17.3. The van der Waals surface area contributed by atoms with Gasteiger partial charge in [0.2, 0.25) is 11.0 Å². The molecular formula is C21H23ClFNO6S. The van der Waals surface area contributed by atoms with Crippen molar-refractivity contribution in [2.45, 2.75) is 46.0 Å². The monoisotopic (exact) mass is 471 g/mol. The molecule has 0 aromatic carbocycles. The first kappa shape index (κ1) is 24.7. The maximum Gasteiger partial charge on any atom is 0.334 e. The van der Waals surface area contributed by atoms with Crippen LogP contribution in [0, 0.1) is 5.13 Å². The van der Waals surface area contributed by atoms with Gasteiger partial charge in [0.1, 0.15) is 12.3 Å². The van der Waals surface area contributed by atoms with Crippen LogP contribution in [0.5, 0.6) is 0 Å². The molecule has 2 amide bonds. The first-order chi connectivity index (χ1) is 14.7. The Bertz CT molecular complexity index is 939. The minimum atomic E-state index is -0.889. The van der Waals surface area contributed by atoms with Crippen LogP contribution in [0.4, 0.5) is 10.1 Å². The fourth-order valence-electron chi connectivity index (χ4n) is 3.19. The van der Waals surface area contributed by atoms with Crippen molar-refractivity contribution < 1.29 is 33.0 Å². The van der Waals surface area contributed by atoms with Crippen LogP contribution in [-0.2, 0) is 35.1 Å². The molecule has 0 radical (unpaired) electrons. The van der Waals surface area contributed by atoms with Gasteiger partial charge in [-0.3, -0.25) is 14.4 Å². The number of imide groups is 1. The molecule has 0 bridgehead atoms. The number of ether oxygens (including phenoxy) is 2. The van der Waals surface area contributed by atoms with E-state index in [1.807, 2.05) is 0 Å². The number of halogens is 2. The van der Waals surface area contributed by atoms with Crippen molar-refractivity contribution in [2.24, 2.45) is 0 Å². The van der Waals surface area contributed by atoms with Crippen molar-refractivity contribution in [3.8, 4) is 0 Å². The molecule has 0 aliphatic heterocycles. The zero-order chi connectivity index (χ0) is 23.1. The standard InChI is InChI=1S/C21H23ClFNO6S/c1-4-10-30-21(28)14-9-7-6-8-13(14)20(27)24(12(3)25)18-17(22)15(31-19(18)23)11-16(26)29-5-2/h4H,1,5-11H2,2-3H3. The SMILES string of the molecule is C=CCOC(=O)C1=C(C(=O)N(C(C)=O)c2c(F)sc(CC(=O)OCC)c2Cl)CCCC1. The highest BCUT2D eigenvalue weighted by Crippen LogP contribution is 2.41. The average molecular weight is 472 g/mol. The Labute approximate surface area is 188 Å². The fourth-order valence-corrected chi connectivity index (χ4v) is 4.48. The summed E-state index contributed by atoms with van der Waals surface area (Å²) in [5.74, 6) is -2.89. The van der Waals surface area contributed by atoms with Crippen LogP contribution in [0.25, 0.3) is 0 Å². The number of carbonyl (C=O) groups excluding carboxylic acids is 4. The molecular weight excluding hydrogens is 449 g/mol.